The number of anilines is 1. The summed E-state index contributed by atoms with van der Waals surface area (Å²) in [7, 11) is 0. The molecule has 1 aromatic carbocycles. The second-order valence-electron chi connectivity index (χ2n) is 4.61. The van der Waals surface area contributed by atoms with Crippen LogP contribution in [0.1, 0.15) is 41.3 Å². The van der Waals surface area contributed by atoms with Gasteiger partial charge in [-0.25, -0.2) is 4.79 Å². The van der Waals surface area contributed by atoms with E-state index in [1.54, 1.807) is 6.07 Å². The van der Waals surface area contributed by atoms with Crippen LogP contribution in [-0.4, -0.2) is 25.8 Å². The largest absolute Gasteiger partial charge is 0.460 e. The zero-order chi connectivity index (χ0) is 14.3. The van der Waals surface area contributed by atoms with Crippen LogP contribution in [0, 0.1) is 13.8 Å². The van der Waals surface area contributed by atoms with Crippen molar-refractivity contribution in [2.24, 2.45) is 0 Å². The number of aryl methyl sites for hydroxylation is 1. The molecular weight excluding hydrogens is 242 g/mol. The van der Waals surface area contributed by atoms with E-state index in [-0.39, 0.29) is 12.6 Å². The highest BCUT2D eigenvalue weighted by atomic mass is 16.6. The number of benzene rings is 1. The van der Waals surface area contributed by atoms with Gasteiger partial charge in [-0.1, -0.05) is 13.3 Å². The second kappa shape index (κ2) is 7.79. The predicted molar refractivity (Wildman–Crippen MR) is 76.3 cm³/mol. The molecule has 0 fully saturated rings. The first-order valence-electron chi connectivity index (χ1n) is 6.67. The molecule has 0 saturated heterocycles. The van der Waals surface area contributed by atoms with Gasteiger partial charge in [-0.3, -0.25) is 0 Å². The maximum Gasteiger partial charge on any atom is 0.338 e. The smallest absolute Gasteiger partial charge is 0.338 e. The van der Waals surface area contributed by atoms with Crippen molar-refractivity contribution in [3.63, 3.8) is 0 Å². The first kappa shape index (κ1) is 15.5. The predicted octanol–water partition coefficient (Wildman–Crippen LogP) is 2.86. The Labute approximate surface area is 114 Å². The highest BCUT2D eigenvalue weighted by molar-refractivity contribution is 5.92. The Hall–Kier alpha value is -1.55. The van der Waals surface area contributed by atoms with Gasteiger partial charge in [0.2, 0.25) is 0 Å². The number of carbonyl (C=O) groups excluding carboxylic acids is 1. The Morgan fingerprint density at radius 2 is 1.95 bits per heavy atom. The van der Waals surface area contributed by atoms with Gasteiger partial charge in [0.25, 0.3) is 0 Å². The topological polar surface area (TPSA) is 61.5 Å². The lowest BCUT2D eigenvalue weighted by Gasteiger charge is -2.10. The third kappa shape index (κ3) is 4.91. The van der Waals surface area contributed by atoms with Crippen molar-refractivity contribution in [3.05, 3.63) is 28.8 Å². The number of hydrogen-bond donors (Lipinski definition) is 1. The molecule has 0 aliphatic heterocycles. The zero-order valence-electron chi connectivity index (χ0n) is 12.0. The van der Waals surface area contributed by atoms with Gasteiger partial charge < -0.3 is 15.2 Å². The second-order valence-corrected chi connectivity index (χ2v) is 4.61. The van der Waals surface area contributed by atoms with Gasteiger partial charge in [0.1, 0.15) is 6.61 Å². The Morgan fingerprint density at radius 3 is 2.63 bits per heavy atom. The van der Waals surface area contributed by atoms with Crippen LogP contribution in [-0.2, 0) is 9.47 Å². The third-order valence-corrected chi connectivity index (χ3v) is 3.01. The van der Waals surface area contributed by atoms with Gasteiger partial charge in [0.15, 0.2) is 0 Å². The summed E-state index contributed by atoms with van der Waals surface area (Å²) in [5, 5.41) is 0. The van der Waals surface area contributed by atoms with Crippen LogP contribution in [0.15, 0.2) is 12.1 Å². The Bertz CT molecular complexity index is 430. The first-order chi connectivity index (χ1) is 9.06. The lowest BCUT2D eigenvalue weighted by atomic mass is 10.0. The molecule has 0 bridgehead atoms. The number of rotatable bonds is 7. The molecule has 0 saturated carbocycles. The van der Waals surface area contributed by atoms with Gasteiger partial charge in [0.05, 0.1) is 12.2 Å². The lowest BCUT2D eigenvalue weighted by Crippen LogP contribution is -2.13. The molecule has 0 aliphatic rings. The number of esters is 1. The number of nitrogens with two attached hydrogens (primary N) is 1. The minimum Gasteiger partial charge on any atom is -0.460 e. The molecule has 19 heavy (non-hydrogen) atoms. The molecular formula is C15H23NO3. The lowest BCUT2D eigenvalue weighted by molar-refractivity contribution is 0.0313. The van der Waals surface area contributed by atoms with Crippen LogP contribution in [0.4, 0.5) is 5.69 Å². The third-order valence-electron chi connectivity index (χ3n) is 3.01. The molecule has 0 heterocycles. The van der Waals surface area contributed by atoms with E-state index < -0.39 is 0 Å². The van der Waals surface area contributed by atoms with E-state index in [1.807, 2.05) is 19.9 Å². The van der Waals surface area contributed by atoms with Crippen molar-refractivity contribution in [2.75, 3.05) is 25.6 Å². The highest BCUT2D eigenvalue weighted by Gasteiger charge is 2.12. The molecule has 4 heteroatoms. The average molecular weight is 265 g/mol. The minimum atomic E-state index is -0.341. The van der Waals surface area contributed by atoms with E-state index in [0.29, 0.717) is 24.5 Å². The fraction of sp³-hybridized carbons (Fsp3) is 0.533. The number of unbranched alkanes of at least 4 members (excludes halogenated alkanes) is 1. The van der Waals surface area contributed by atoms with Gasteiger partial charge in [-0.05, 0) is 43.5 Å². The van der Waals surface area contributed by atoms with Gasteiger partial charge in [-0.15, -0.1) is 0 Å². The van der Waals surface area contributed by atoms with Crippen molar-refractivity contribution in [2.45, 2.75) is 33.6 Å². The summed E-state index contributed by atoms with van der Waals surface area (Å²) in [6.45, 7) is 7.35. The van der Waals surface area contributed by atoms with Crippen LogP contribution < -0.4 is 5.73 Å². The van der Waals surface area contributed by atoms with Crippen molar-refractivity contribution < 1.29 is 14.3 Å². The van der Waals surface area contributed by atoms with Crippen LogP contribution in [0.3, 0.4) is 0 Å². The summed E-state index contributed by atoms with van der Waals surface area (Å²) in [6.07, 6.45) is 2.13. The number of carbonyl (C=O) groups is 1. The molecule has 0 atom stereocenters. The summed E-state index contributed by atoms with van der Waals surface area (Å²) in [5.74, 6) is -0.341. The van der Waals surface area contributed by atoms with E-state index in [4.69, 9.17) is 15.2 Å². The normalized spacial score (nSPS) is 10.5. The molecule has 0 unspecified atom stereocenters. The van der Waals surface area contributed by atoms with E-state index >= 15 is 0 Å². The van der Waals surface area contributed by atoms with Crippen LogP contribution >= 0.6 is 0 Å². The molecule has 1 rings (SSSR count). The Kier molecular flexibility index (Phi) is 6.36. The number of ether oxygens (including phenoxy) is 2. The molecule has 0 spiro atoms. The van der Waals surface area contributed by atoms with Gasteiger partial charge in [-0.2, -0.15) is 0 Å². The van der Waals surface area contributed by atoms with Crippen molar-refractivity contribution in [1.82, 2.24) is 0 Å². The van der Waals surface area contributed by atoms with E-state index in [2.05, 4.69) is 6.92 Å². The minimum absolute atomic E-state index is 0.274. The zero-order valence-corrected chi connectivity index (χ0v) is 12.0. The molecule has 0 aromatic heterocycles. The first-order valence-corrected chi connectivity index (χ1v) is 6.67. The van der Waals surface area contributed by atoms with Crippen LogP contribution in [0.5, 0.6) is 0 Å². The van der Waals surface area contributed by atoms with E-state index in [0.717, 1.165) is 24.0 Å². The molecule has 4 nitrogen and oxygen atoms in total. The van der Waals surface area contributed by atoms with E-state index in [9.17, 15) is 4.79 Å². The van der Waals surface area contributed by atoms with E-state index in [1.165, 1.54) is 0 Å². The van der Waals surface area contributed by atoms with Gasteiger partial charge >= 0.3 is 5.97 Å². The molecule has 0 amide bonds. The Morgan fingerprint density at radius 1 is 1.21 bits per heavy atom. The quantitative estimate of drug-likeness (QED) is 0.468. The van der Waals surface area contributed by atoms with Crippen molar-refractivity contribution >= 4 is 11.7 Å². The Balaban J connectivity index is 2.46. The SMILES string of the molecule is CCCCOCCOC(=O)c1cc(N)cc(C)c1C. The standard InChI is InChI=1S/C15H23NO3/c1-4-5-6-18-7-8-19-15(17)14-10-13(16)9-11(2)12(14)3/h9-10H,4-8,16H2,1-3H3. The number of nitrogen functional groups attached to an aromatic ring is 1. The van der Waals surface area contributed by atoms with Crippen LogP contribution in [0.2, 0.25) is 0 Å². The molecule has 0 aliphatic carbocycles. The summed E-state index contributed by atoms with van der Waals surface area (Å²) < 4.78 is 10.5. The monoisotopic (exact) mass is 265 g/mol. The summed E-state index contributed by atoms with van der Waals surface area (Å²) in [6, 6.07) is 3.50. The summed E-state index contributed by atoms with van der Waals surface area (Å²) in [5.41, 5.74) is 8.75. The summed E-state index contributed by atoms with van der Waals surface area (Å²) in [4.78, 5) is 11.9. The van der Waals surface area contributed by atoms with Crippen molar-refractivity contribution in [1.29, 1.82) is 0 Å². The highest BCUT2D eigenvalue weighted by Crippen LogP contribution is 2.18. The summed E-state index contributed by atoms with van der Waals surface area (Å²) >= 11 is 0. The van der Waals surface area contributed by atoms with Crippen LogP contribution in [0.25, 0.3) is 0 Å². The molecule has 106 valence electrons. The maximum atomic E-state index is 11.9. The molecule has 2 N–H and O–H groups in total. The fourth-order valence-electron chi connectivity index (χ4n) is 1.72. The number of hydrogen-bond acceptors (Lipinski definition) is 4. The maximum absolute atomic E-state index is 11.9. The van der Waals surface area contributed by atoms with Crippen molar-refractivity contribution in [3.8, 4) is 0 Å². The molecule has 0 radical (unpaired) electrons. The fourth-order valence-corrected chi connectivity index (χ4v) is 1.72. The van der Waals surface area contributed by atoms with Gasteiger partial charge in [0, 0.05) is 12.3 Å². The molecule has 1 aromatic rings. The average Bonchev–Trinajstić information content (AvgIpc) is 2.37.